The molecule has 24 heavy (non-hydrogen) atoms. The van der Waals surface area contributed by atoms with Crippen molar-refractivity contribution in [3.8, 4) is 0 Å². The number of piperidine rings is 1. The lowest BCUT2D eigenvalue weighted by Gasteiger charge is -2.37. The molecule has 2 aliphatic rings. The van der Waals surface area contributed by atoms with Gasteiger partial charge in [0, 0.05) is 30.4 Å². The van der Waals surface area contributed by atoms with E-state index in [-0.39, 0.29) is 18.1 Å². The SMILES string of the molecule is Cc1cc(C)c(CNC(=O)N2CCC[C@H](N3CCCC3)C2)c(=O)[nH]1. The number of aryl methyl sites for hydroxylation is 2. The van der Waals surface area contributed by atoms with Gasteiger partial charge in [0.1, 0.15) is 0 Å². The van der Waals surface area contributed by atoms with E-state index < -0.39 is 0 Å². The van der Waals surface area contributed by atoms with Gasteiger partial charge >= 0.3 is 6.03 Å². The van der Waals surface area contributed by atoms with Crippen molar-refractivity contribution in [2.75, 3.05) is 26.2 Å². The quantitative estimate of drug-likeness (QED) is 0.886. The minimum Gasteiger partial charge on any atom is -0.334 e. The van der Waals surface area contributed by atoms with Gasteiger partial charge in [-0.1, -0.05) is 0 Å². The van der Waals surface area contributed by atoms with E-state index in [1.54, 1.807) is 0 Å². The van der Waals surface area contributed by atoms with Crippen LogP contribution in [0.25, 0.3) is 0 Å². The Hall–Kier alpha value is -1.82. The number of H-pyrrole nitrogens is 1. The molecule has 2 aliphatic heterocycles. The lowest BCUT2D eigenvalue weighted by atomic mass is 10.0. The number of urea groups is 1. The van der Waals surface area contributed by atoms with Gasteiger partial charge in [-0.05, 0) is 64.3 Å². The summed E-state index contributed by atoms with van der Waals surface area (Å²) in [6.45, 7) is 7.99. The molecule has 1 aromatic heterocycles. The fourth-order valence-corrected chi connectivity index (χ4v) is 3.92. The fraction of sp³-hybridized carbons (Fsp3) is 0.667. The van der Waals surface area contributed by atoms with E-state index >= 15 is 0 Å². The fourth-order valence-electron chi connectivity index (χ4n) is 3.92. The van der Waals surface area contributed by atoms with Gasteiger partial charge in [-0.3, -0.25) is 9.69 Å². The Morgan fingerprint density at radius 3 is 2.71 bits per heavy atom. The largest absolute Gasteiger partial charge is 0.334 e. The van der Waals surface area contributed by atoms with Crippen molar-refractivity contribution >= 4 is 6.03 Å². The van der Waals surface area contributed by atoms with Crippen molar-refractivity contribution in [1.29, 1.82) is 0 Å². The maximum absolute atomic E-state index is 12.5. The molecule has 0 radical (unpaired) electrons. The number of carbonyl (C=O) groups is 1. The minimum absolute atomic E-state index is 0.0572. The first kappa shape index (κ1) is 17.0. The molecule has 2 fully saturated rings. The first-order valence-corrected chi connectivity index (χ1v) is 9.01. The van der Waals surface area contributed by atoms with Crippen LogP contribution in [-0.4, -0.2) is 53.0 Å². The molecule has 2 saturated heterocycles. The highest BCUT2D eigenvalue weighted by molar-refractivity contribution is 5.74. The van der Waals surface area contributed by atoms with Gasteiger partial charge in [0.05, 0.1) is 6.54 Å². The summed E-state index contributed by atoms with van der Waals surface area (Å²) in [6, 6.07) is 2.38. The molecule has 6 heteroatoms. The monoisotopic (exact) mass is 332 g/mol. The molecular weight excluding hydrogens is 304 g/mol. The number of nitrogens with one attached hydrogen (secondary N) is 2. The van der Waals surface area contributed by atoms with Crippen molar-refractivity contribution in [2.24, 2.45) is 0 Å². The lowest BCUT2D eigenvalue weighted by molar-refractivity contribution is 0.125. The van der Waals surface area contributed by atoms with Gasteiger partial charge in [0.2, 0.25) is 0 Å². The molecule has 0 aliphatic carbocycles. The molecule has 1 atom stereocenters. The molecular formula is C18H28N4O2. The Balaban J connectivity index is 1.58. The molecule has 3 heterocycles. The van der Waals surface area contributed by atoms with Crippen LogP contribution in [0, 0.1) is 13.8 Å². The summed E-state index contributed by atoms with van der Waals surface area (Å²) >= 11 is 0. The number of amides is 2. The van der Waals surface area contributed by atoms with Gasteiger partial charge in [-0.2, -0.15) is 0 Å². The zero-order chi connectivity index (χ0) is 17.1. The highest BCUT2D eigenvalue weighted by Gasteiger charge is 2.29. The first-order valence-electron chi connectivity index (χ1n) is 9.01. The summed E-state index contributed by atoms with van der Waals surface area (Å²) in [6.07, 6.45) is 4.79. The molecule has 6 nitrogen and oxygen atoms in total. The van der Waals surface area contributed by atoms with Crippen molar-refractivity contribution in [1.82, 2.24) is 20.1 Å². The predicted molar refractivity (Wildman–Crippen MR) is 94.2 cm³/mol. The Kier molecular flexibility index (Phi) is 5.23. The van der Waals surface area contributed by atoms with Crippen LogP contribution in [0.15, 0.2) is 10.9 Å². The molecule has 132 valence electrons. The summed E-state index contributed by atoms with van der Waals surface area (Å²) in [5.41, 5.74) is 2.30. The van der Waals surface area contributed by atoms with Crippen LogP contribution in [-0.2, 0) is 6.54 Å². The number of carbonyl (C=O) groups excluding carboxylic acids is 1. The van der Waals surface area contributed by atoms with Crippen molar-refractivity contribution in [2.45, 2.75) is 52.1 Å². The molecule has 3 rings (SSSR count). The predicted octanol–water partition coefficient (Wildman–Crippen LogP) is 1.76. The van der Waals surface area contributed by atoms with Crippen LogP contribution in [0.2, 0.25) is 0 Å². The smallest absolute Gasteiger partial charge is 0.317 e. The third kappa shape index (κ3) is 3.80. The summed E-state index contributed by atoms with van der Waals surface area (Å²) in [7, 11) is 0. The van der Waals surface area contributed by atoms with Crippen LogP contribution >= 0.6 is 0 Å². The number of likely N-dealkylation sites (tertiary alicyclic amines) is 2. The Morgan fingerprint density at radius 1 is 1.25 bits per heavy atom. The number of aromatic nitrogens is 1. The summed E-state index contributed by atoms with van der Waals surface area (Å²) in [5.74, 6) is 0. The minimum atomic E-state index is -0.110. The van der Waals surface area contributed by atoms with Crippen LogP contribution in [0.1, 0.15) is 42.5 Å². The lowest BCUT2D eigenvalue weighted by Crippen LogP contribution is -2.51. The molecule has 0 saturated carbocycles. The van der Waals surface area contributed by atoms with E-state index in [1.165, 1.54) is 19.3 Å². The summed E-state index contributed by atoms with van der Waals surface area (Å²) in [5, 5.41) is 2.93. The number of rotatable bonds is 3. The second-order valence-electron chi connectivity index (χ2n) is 7.09. The molecule has 0 bridgehead atoms. The molecule has 0 unspecified atom stereocenters. The number of nitrogens with zero attached hydrogens (tertiary/aromatic N) is 2. The number of hydrogen-bond acceptors (Lipinski definition) is 3. The van der Waals surface area contributed by atoms with Crippen molar-refractivity contribution < 1.29 is 4.79 Å². The first-order chi connectivity index (χ1) is 11.5. The zero-order valence-corrected chi connectivity index (χ0v) is 14.7. The summed E-state index contributed by atoms with van der Waals surface area (Å²) < 4.78 is 0. The zero-order valence-electron chi connectivity index (χ0n) is 14.7. The topological polar surface area (TPSA) is 68.4 Å². The maximum atomic E-state index is 12.5. The molecule has 1 aromatic rings. The average molecular weight is 332 g/mol. The Bertz CT molecular complexity index is 649. The van der Waals surface area contributed by atoms with Gasteiger partial charge in [0.15, 0.2) is 0 Å². The van der Waals surface area contributed by atoms with Crippen LogP contribution in [0.3, 0.4) is 0 Å². The van der Waals surface area contributed by atoms with Gasteiger partial charge < -0.3 is 15.2 Å². The highest BCUT2D eigenvalue weighted by atomic mass is 16.2. The van der Waals surface area contributed by atoms with Crippen molar-refractivity contribution in [3.05, 3.63) is 33.2 Å². The van der Waals surface area contributed by atoms with E-state index in [2.05, 4.69) is 15.2 Å². The maximum Gasteiger partial charge on any atom is 0.317 e. The summed E-state index contributed by atoms with van der Waals surface area (Å²) in [4.78, 5) is 31.8. The third-order valence-electron chi connectivity index (χ3n) is 5.25. The van der Waals surface area contributed by atoms with Crippen LogP contribution in [0.5, 0.6) is 0 Å². The molecule has 0 aromatic carbocycles. The number of aromatic amines is 1. The number of hydrogen-bond donors (Lipinski definition) is 2. The van der Waals surface area contributed by atoms with Crippen LogP contribution in [0.4, 0.5) is 4.79 Å². The Morgan fingerprint density at radius 2 is 2.00 bits per heavy atom. The van der Waals surface area contributed by atoms with E-state index in [0.717, 1.165) is 43.9 Å². The van der Waals surface area contributed by atoms with Crippen LogP contribution < -0.4 is 10.9 Å². The highest BCUT2D eigenvalue weighted by Crippen LogP contribution is 2.20. The molecule has 2 amide bonds. The second kappa shape index (κ2) is 7.38. The van der Waals surface area contributed by atoms with E-state index in [0.29, 0.717) is 11.6 Å². The van der Waals surface area contributed by atoms with Gasteiger partial charge in [-0.25, -0.2) is 4.79 Å². The molecule has 0 spiro atoms. The van der Waals surface area contributed by atoms with Gasteiger partial charge in [0.25, 0.3) is 5.56 Å². The number of pyridine rings is 1. The van der Waals surface area contributed by atoms with Gasteiger partial charge in [-0.15, -0.1) is 0 Å². The normalized spacial score (nSPS) is 21.9. The van der Waals surface area contributed by atoms with Crippen molar-refractivity contribution in [3.63, 3.8) is 0 Å². The van der Waals surface area contributed by atoms with E-state index in [9.17, 15) is 9.59 Å². The standard InChI is InChI=1S/C18H28N4O2/c1-13-10-14(2)20-17(23)16(13)11-19-18(24)22-9-5-6-15(12-22)21-7-3-4-8-21/h10,15H,3-9,11-12H2,1-2H3,(H,19,24)(H,20,23)/t15-/m0/s1. The molecule has 2 N–H and O–H groups in total. The third-order valence-corrected chi connectivity index (χ3v) is 5.25. The average Bonchev–Trinajstić information content (AvgIpc) is 3.08. The van der Waals surface area contributed by atoms with E-state index in [4.69, 9.17) is 0 Å². The second-order valence-corrected chi connectivity index (χ2v) is 7.09. The Labute approximate surface area is 143 Å². The van der Waals surface area contributed by atoms with E-state index in [1.807, 2.05) is 24.8 Å².